The summed E-state index contributed by atoms with van der Waals surface area (Å²) in [5, 5.41) is 39.0. The molecule has 0 aromatic rings. The quantitative estimate of drug-likeness (QED) is 0.139. The number of Topliss-reactive ketones (excluding diaryl/α,β-unsaturated/α-hetero) is 8. The Kier molecular flexibility index (Phi) is 31.7. The molecule has 0 amide bonds. The monoisotopic (exact) mass is 662 g/mol. The van der Waals surface area contributed by atoms with Gasteiger partial charge in [0.15, 0.2) is 0 Å². The fourth-order valence-electron chi connectivity index (χ4n) is 2.00. The summed E-state index contributed by atoms with van der Waals surface area (Å²) in [6.07, 6.45) is -3.91. The van der Waals surface area contributed by atoms with Crippen LogP contribution in [0.25, 0.3) is 0 Å². The van der Waals surface area contributed by atoms with Crippen molar-refractivity contribution in [3.05, 3.63) is 0 Å². The number of rotatable bonds is 16. The van der Waals surface area contributed by atoms with Crippen molar-refractivity contribution in [3.8, 4) is 0 Å². The first kappa shape index (κ1) is 46.9. The van der Waals surface area contributed by atoms with Crippen LogP contribution in [0, 0.1) is 0 Å². The third-order valence-electron chi connectivity index (χ3n) is 3.15. The summed E-state index contributed by atoms with van der Waals surface area (Å²) in [5.74, 6) is -9.48. The third kappa shape index (κ3) is 53.2. The second-order valence-corrected chi connectivity index (χ2v) is 7.87. The van der Waals surface area contributed by atoms with Crippen LogP contribution in [-0.4, -0.2) is 70.1 Å². The van der Waals surface area contributed by atoms with Crippen LogP contribution in [0.1, 0.15) is 79.1 Å². The standard InChI is InChI=1S/4C6H8O4.Zr/c4*1-4(7)2-5(8)3-6(9)10;/h4*2-3H2,1H3,(H,9,10);/q;;;;+4/p-4. The van der Waals surface area contributed by atoms with Crippen molar-refractivity contribution in [3.63, 3.8) is 0 Å². The molecule has 0 aliphatic rings. The Morgan fingerprint density at radius 3 is 0.512 bits per heavy atom. The molecule has 0 N–H and O–H groups in total. The number of hydrogen-bond donors (Lipinski definition) is 0. The number of carboxylic acids is 4. The fourth-order valence-corrected chi connectivity index (χ4v) is 2.00. The van der Waals surface area contributed by atoms with Crippen molar-refractivity contribution < 1.29 is 104 Å². The predicted octanol–water partition coefficient (Wildman–Crippen LogP) is -5.30. The van der Waals surface area contributed by atoms with Gasteiger partial charge in [0, 0.05) is 49.6 Å². The normalized spacial score (nSPS) is 8.68. The number of carboxylic acid groups (broad SMARTS) is 4. The van der Waals surface area contributed by atoms with E-state index in [4.69, 9.17) is 0 Å². The van der Waals surface area contributed by atoms with Gasteiger partial charge in [0.1, 0.15) is 46.3 Å². The maximum atomic E-state index is 10.4. The molecule has 0 heterocycles. The van der Waals surface area contributed by atoms with Gasteiger partial charge >= 0.3 is 26.2 Å². The Hall–Kier alpha value is -3.88. The molecule has 0 spiro atoms. The van der Waals surface area contributed by atoms with E-state index in [1.807, 2.05) is 0 Å². The Morgan fingerprint density at radius 2 is 0.439 bits per heavy atom. The SMILES string of the molecule is CC(=O)CC(=O)CC(=O)[O-].CC(=O)CC(=O)CC(=O)[O-].CC(=O)CC(=O)CC(=O)[O-].CC(=O)CC(=O)CC(=O)[O-].[Zr+4]. The van der Waals surface area contributed by atoms with Gasteiger partial charge in [-0.2, -0.15) is 0 Å². The first-order valence-corrected chi connectivity index (χ1v) is 10.9. The van der Waals surface area contributed by atoms with Crippen LogP contribution in [0.5, 0.6) is 0 Å². The van der Waals surface area contributed by atoms with Gasteiger partial charge in [-0.05, 0) is 27.7 Å². The molecule has 224 valence electrons. The molecule has 0 aromatic heterocycles. The molecule has 0 bridgehead atoms. The van der Waals surface area contributed by atoms with E-state index in [-0.39, 0.29) is 75.0 Å². The van der Waals surface area contributed by atoms with Crippen LogP contribution in [0.2, 0.25) is 0 Å². The maximum absolute atomic E-state index is 10.4. The van der Waals surface area contributed by atoms with E-state index in [1.54, 1.807) is 0 Å². The molecule has 0 fully saturated rings. The second kappa shape index (κ2) is 27.7. The molecular weight excluding hydrogens is 635 g/mol. The number of hydrogen-bond acceptors (Lipinski definition) is 16. The molecule has 17 heteroatoms. The topological polar surface area (TPSA) is 297 Å². The summed E-state index contributed by atoms with van der Waals surface area (Å²) in [4.78, 5) is 121. The van der Waals surface area contributed by atoms with Crippen molar-refractivity contribution in [2.45, 2.75) is 79.1 Å². The van der Waals surface area contributed by atoms with E-state index in [9.17, 15) is 78.0 Å². The number of ketones is 8. The van der Waals surface area contributed by atoms with Crippen LogP contribution in [0.3, 0.4) is 0 Å². The van der Waals surface area contributed by atoms with Crippen LogP contribution < -0.4 is 20.4 Å². The Morgan fingerprint density at radius 1 is 0.317 bits per heavy atom. The van der Waals surface area contributed by atoms with E-state index in [0.717, 1.165) is 0 Å². The van der Waals surface area contributed by atoms with Gasteiger partial charge in [-0.15, -0.1) is 0 Å². The van der Waals surface area contributed by atoms with Crippen molar-refractivity contribution in [2.24, 2.45) is 0 Å². The van der Waals surface area contributed by atoms with Crippen LogP contribution >= 0.6 is 0 Å². The van der Waals surface area contributed by atoms with Crippen molar-refractivity contribution >= 4 is 70.1 Å². The summed E-state index contributed by atoms with van der Waals surface area (Å²) >= 11 is 0. The van der Waals surface area contributed by atoms with Gasteiger partial charge in [-0.1, -0.05) is 0 Å². The van der Waals surface area contributed by atoms with E-state index < -0.39 is 72.7 Å². The van der Waals surface area contributed by atoms with Crippen molar-refractivity contribution in [1.29, 1.82) is 0 Å². The van der Waals surface area contributed by atoms with Gasteiger partial charge in [0.2, 0.25) is 0 Å². The van der Waals surface area contributed by atoms with Crippen molar-refractivity contribution in [1.82, 2.24) is 0 Å². The van der Waals surface area contributed by atoms with Crippen LogP contribution in [-0.2, 0) is 83.7 Å². The summed E-state index contributed by atoms with van der Waals surface area (Å²) in [5.41, 5.74) is 0. The largest absolute Gasteiger partial charge is 4.00 e. The maximum Gasteiger partial charge on any atom is 4.00 e. The van der Waals surface area contributed by atoms with Gasteiger partial charge in [-0.3, -0.25) is 38.4 Å². The molecule has 0 aliphatic carbocycles. The van der Waals surface area contributed by atoms with E-state index in [1.165, 1.54) is 27.7 Å². The zero-order chi connectivity index (χ0) is 32.6. The predicted molar refractivity (Wildman–Crippen MR) is 120 cm³/mol. The number of carbonyl (C=O) groups excluding carboxylic acids is 12. The second-order valence-electron chi connectivity index (χ2n) is 7.87. The molecule has 0 rings (SSSR count). The smallest absolute Gasteiger partial charge is 0.550 e. The minimum absolute atomic E-state index is 0. The van der Waals surface area contributed by atoms with Gasteiger partial charge in [0.25, 0.3) is 0 Å². The zero-order valence-electron chi connectivity index (χ0n) is 22.7. The Balaban J connectivity index is -0.000000139. The average molecular weight is 664 g/mol. The minimum Gasteiger partial charge on any atom is -0.550 e. The molecule has 0 aromatic carbocycles. The van der Waals surface area contributed by atoms with E-state index >= 15 is 0 Å². The summed E-state index contributed by atoms with van der Waals surface area (Å²) in [7, 11) is 0. The first-order chi connectivity index (χ1) is 18.1. The molecular formula is C24H28O16Zr. The van der Waals surface area contributed by atoms with E-state index in [0.29, 0.717) is 0 Å². The molecule has 0 saturated carbocycles. The van der Waals surface area contributed by atoms with Gasteiger partial charge < -0.3 is 39.6 Å². The average Bonchev–Trinajstić information content (AvgIpc) is 2.63. The van der Waals surface area contributed by atoms with E-state index in [2.05, 4.69) is 0 Å². The fraction of sp³-hybridized carbons (Fsp3) is 0.500. The number of aliphatic carboxylic acids is 4. The molecule has 0 aliphatic heterocycles. The van der Waals surface area contributed by atoms with Gasteiger partial charge in [-0.25, -0.2) is 0 Å². The summed E-state index contributed by atoms with van der Waals surface area (Å²) < 4.78 is 0. The minimum atomic E-state index is -1.44. The van der Waals surface area contributed by atoms with Gasteiger partial charge in [0.05, 0.1) is 25.7 Å². The third-order valence-corrected chi connectivity index (χ3v) is 3.15. The molecule has 0 saturated heterocycles. The van der Waals surface area contributed by atoms with Crippen LogP contribution in [0.15, 0.2) is 0 Å². The summed E-state index contributed by atoms with van der Waals surface area (Å²) in [6, 6.07) is 0. The molecule has 0 atom stereocenters. The molecule has 16 nitrogen and oxygen atoms in total. The van der Waals surface area contributed by atoms with Crippen LogP contribution in [0.4, 0.5) is 0 Å². The molecule has 41 heavy (non-hydrogen) atoms. The first-order valence-electron chi connectivity index (χ1n) is 10.9. The molecule has 0 radical (unpaired) electrons. The summed E-state index contributed by atoms with van der Waals surface area (Å²) in [6.45, 7) is 4.92. The number of carbonyl (C=O) groups is 12. The van der Waals surface area contributed by atoms with Crippen molar-refractivity contribution in [2.75, 3.05) is 0 Å². The Bertz CT molecular complexity index is 777. The molecule has 0 unspecified atom stereocenters. The Labute approximate surface area is 253 Å². The zero-order valence-corrected chi connectivity index (χ0v) is 25.1.